The summed E-state index contributed by atoms with van der Waals surface area (Å²) in [6, 6.07) is 1.61. The number of ether oxygens (including phenoxy) is 1. The maximum Gasteiger partial charge on any atom is 0.242 e. The molecule has 5 nitrogen and oxygen atoms in total. The Morgan fingerprint density at radius 1 is 1.56 bits per heavy atom. The van der Waals surface area contributed by atoms with E-state index in [2.05, 4.69) is 41.9 Å². The molecular weight excluding hydrogens is 408 g/mol. The fourth-order valence-electron chi connectivity index (χ4n) is 1.55. The van der Waals surface area contributed by atoms with Gasteiger partial charge in [0.1, 0.15) is 4.90 Å². The molecular formula is C9H12Br2N2O3S2. The van der Waals surface area contributed by atoms with Crippen molar-refractivity contribution in [1.29, 1.82) is 0 Å². The van der Waals surface area contributed by atoms with Gasteiger partial charge in [-0.15, -0.1) is 11.3 Å². The second-order valence-corrected chi connectivity index (χ2v) is 9.25. The Labute approximate surface area is 127 Å². The van der Waals surface area contributed by atoms with Crippen LogP contribution in [0.3, 0.4) is 0 Å². The number of sulfonamides is 1. The minimum atomic E-state index is -3.48. The van der Waals surface area contributed by atoms with Gasteiger partial charge in [0.2, 0.25) is 10.0 Å². The predicted molar refractivity (Wildman–Crippen MR) is 77.5 cm³/mol. The number of thiophene rings is 1. The second-order valence-electron chi connectivity index (χ2n) is 3.77. The molecule has 0 aromatic carbocycles. The van der Waals surface area contributed by atoms with Crippen LogP contribution < -0.4 is 10.0 Å². The molecule has 102 valence electrons. The Morgan fingerprint density at radius 2 is 2.33 bits per heavy atom. The van der Waals surface area contributed by atoms with Gasteiger partial charge in [-0.25, -0.2) is 13.1 Å². The fourth-order valence-corrected chi connectivity index (χ4v) is 6.44. The van der Waals surface area contributed by atoms with Gasteiger partial charge in [-0.05, 0) is 37.9 Å². The summed E-state index contributed by atoms with van der Waals surface area (Å²) >= 11 is 7.85. The first kappa shape index (κ1) is 14.9. The zero-order chi connectivity index (χ0) is 13.2. The Hall–Kier alpha value is 0.490. The molecule has 0 radical (unpaired) electrons. The molecule has 1 fully saturated rings. The molecule has 2 heterocycles. The van der Waals surface area contributed by atoms with Gasteiger partial charge < -0.3 is 10.1 Å². The molecule has 1 aromatic heterocycles. The first-order chi connectivity index (χ1) is 8.49. The molecule has 1 aliphatic heterocycles. The second kappa shape index (κ2) is 6.29. The van der Waals surface area contributed by atoms with E-state index in [0.29, 0.717) is 23.5 Å². The lowest BCUT2D eigenvalue weighted by atomic mass is 10.3. The molecule has 2 N–H and O–H groups in total. The van der Waals surface area contributed by atoms with Crippen LogP contribution in [0.2, 0.25) is 0 Å². The summed E-state index contributed by atoms with van der Waals surface area (Å²) in [5.74, 6) is 0. The third-order valence-corrected chi connectivity index (χ3v) is 6.61. The van der Waals surface area contributed by atoms with Crippen molar-refractivity contribution >= 4 is 53.2 Å². The predicted octanol–water partition coefficient (Wildman–Crippen LogP) is 1.54. The minimum absolute atomic E-state index is 0.0226. The highest BCUT2D eigenvalue weighted by Gasteiger charge is 2.22. The van der Waals surface area contributed by atoms with Crippen molar-refractivity contribution in [1.82, 2.24) is 10.0 Å². The molecule has 1 saturated heterocycles. The van der Waals surface area contributed by atoms with Crippen LogP contribution in [0.15, 0.2) is 18.5 Å². The average molecular weight is 420 g/mol. The minimum Gasteiger partial charge on any atom is -0.378 e. The van der Waals surface area contributed by atoms with Gasteiger partial charge in [0, 0.05) is 19.1 Å². The van der Waals surface area contributed by atoms with Gasteiger partial charge in [-0.3, -0.25) is 0 Å². The van der Waals surface area contributed by atoms with E-state index < -0.39 is 10.0 Å². The van der Waals surface area contributed by atoms with Crippen molar-refractivity contribution in [3.05, 3.63) is 13.6 Å². The number of rotatable bonds is 4. The van der Waals surface area contributed by atoms with Crippen LogP contribution >= 0.6 is 43.2 Å². The van der Waals surface area contributed by atoms with Crippen molar-refractivity contribution in [2.24, 2.45) is 0 Å². The third-order valence-electron chi connectivity index (χ3n) is 2.43. The van der Waals surface area contributed by atoms with E-state index in [1.807, 2.05) is 0 Å². The first-order valence-corrected chi connectivity index (χ1v) is 9.13. The summed E-state index contributed by atoms with van der Waals surface area (Å²) in [7, 11) is -3.48. The Balaban J connectivity index is 2.01. The van der Waals surface area contributed by atoms with E-state index in [4.69, 9.17) is 4.74 Å². The number of nitrogens with one attached hydrogen (secondary N) is 2. The summed E-state index contributed by atoms with van der Waals surface area (Å²) in [6.45, 7) is 2.27. The molecule has 9 heteroatoms. The Kier molecular flexibility index (Phi) is 5.21. The number of hydrogen-bond donors (Lipinski definition) is 2. The van der Waals surface area contributed by atoms with Crippen LogP contribution in [-0.4, -0.2) is 40.8 Å². The fraction of sp³-hybridized carbons (Fsp3) is 0.556. The third kappa shape index (κ3) is 3.75. The van der Waals surface area contributed by atoms with Crippen LogP contribution in [0.25, 0.3) is 0 Å². The maximum atomic E-state index is 12.1. The highest BCUT2D eigenvalue weighted by molar-refractivity contribution is 9.12. The highest BCUT2D eigenvalue weighted by atomic mass is 79.9. The van der Waals surface area contributed by atoms with E-state index in [0.717, 1.165) is 10.3 Å². The topological polar surface area (TPSA) is 67.4 Å². The highest BCUT2D eigenvalue weighted by Crippen LogP contribution is 2.34. The van der Waals surface area contributed by atoms with Crippen molar-refractivity contribution in [3.63, 3.8) is 0 Å². The lowest BCUT2D eigenvalue weighted by Gasteiger charge is -2.23. The molecule has 0 bridgehead atoms. The van der Waals surface area contributed by atoms with Crippen LogP contribution in [0, 0.1) is 0 Å². The van der Waals surface area contributed by atoms with Crippen molar-refractivity contribution in [3.8, 4) is 0 Å². The van der Waals surface area contributed by atoms with E-state index >= 15 is 0 Å². The smallest absolute Gasteiger partial charge is 0.242 e. The standard InChI is InChI=1S/C9H12Br2N2O3S2/c10-8-3-7(9(11)17-8)18(14,15)13-4-6-5-16-2-1-12-6/h3,6,12-13H,1-2,4-5H2. The molecule has 0 amide bonds. The van der Waals surface area contributed by atoms with Crippen LogP contribution in [0.5, 0.6) is 0 Å². The number of halogens is 2. The average Bonchev–Trinajstić information content (AvgIpc) is 2.68. The summed E-state index contributed by atoms with van der Waals surface area (Å²) in [6.07, 6.45) is 0. The Morgan fingerprint density at radius 3 is 2.89 bits per heavy atom. The quantitative estimate of drug-likeness (QED) is 0.776. The summed E-state index contributed by atoms with van der Waals surface area (Å²) in [4.78, 5) is 0.260. The van der Waals surface area contributed by atoms with Gasteiger partial charge >= 0.3 is 0 Å². The summed E-state index contributed by atoms with van der Waals surface area (Å²) in [5.41, 5.74) is 0. The largest absolute Gasteiger partial charge is 0.378 e. The van der Waals surface area contributed by atoms with Gasteiger partial charge in [0.15, 0.2) is 0 Å². The van der Waals surface area contributed by atoms with Crippen molar-refractivity contribution in [2.75, 3.05) is 26.3 Å². The normalized spacial score (nSPS) is 21.1. The van der Waals surface area contributed by atoms with Crippen LogP contribution in [0.4, 0.5) is 0 Å². The van der Waals surface area contributed by atoms with Crippen molar-refractivity contribution < 1.29 is 13.2 Å². The molecule has 1 aliphatic rings. The number of morpholine rings is 1. The zero-order valence-electron chi connectivity index (χ0n) is 9.28. The first-order valence-electron chi connectivity index (χ1n) is 5.24. The van der Waals surface area contributed by atoms with E-state index in [1.165, 1.54) is 11.3 Å². The molecule has 18 heavy (non-hydrogen) atoms. The SMILES string of the molecule is O=S(=O)(NCC1COCCN1)c1cc(Br)sc1Br. The van der Waals surface area contributed by atoms with Crippen molar-refractivity contribution in [2.45, 2.75) is 10.9 Å². The molecule has 0 saturated carbocycles. The zero-order valence-corrected chi connectivity index (χ0v) is 14.1. The molecule has 1 unspecified atom stereocenters. The molecule has 0 aliphatic carbocycles. The van der Waals surface area contributed by atoms with E-state index in [1.54, 1.807) is 6.07 Å². The summed E-state index contributed by atoms with van der Waals surface area (Å²) in [5, 5.41) is 3.19. The van der Waals surface area contributed by atoms with Gasteiger partial charge in [-0.2, -0.15) is 0 Å². The Bertz CT molecular complexity index is 512. The van der Waals surface area contributed by atoms with Gasteiger partial charge in [0.05, 0.1) is 20.8 Å². The molecule has 0 spiro atoms. The number of hydrogen-bond acceptors (Lipinski definition) is 5. The molecule has 2 rings (SSSR count). The van der Waals surface area contributed by atoms with E-state index in [9.17, 15) is 8.42 Å². The summed E-state index contributed by atoms with van der Waals surface area (Å²) < 4.78 is 33.4. The molecule has 1 atom stereocenters. The lowest BCUT2D eigenvalue weighted by Crippen LogP contribution is -2.48. The van der Waals surface area contributed by atoms with Gasteiger partial charge in [0.25, 0.3) is 0 Å². The molecule has 1 aromatic rings. The van der Waals surface area contributed by atoms with Crippen LogP contribution in [-0.2, 0) is 14.8 Å². The lowest BCUT2D eigenvalue weighted by molar-refractivity contribution is 0.0784. The maximum absolute atomic E-state index is 12.1. The monoisotopic (exact) mass is 418 g/mol. The van der Waals surface area contributed by atoms with E-state index in [-0.39, 0.29) is 10.9 Å². The van der Waals surface area contributed by atoms with Crippen LogP contribution in [0.1, 0.15) is 0 Å². The van der Waals surface area contributed by atoms with Gasteiger partial charge in [-0.1, -0.05) is 0 Å².